The van der Waals surface area contributed by atoms with Crippen molar-refractivity contribution in [2.45, 2.75) is 43.4 Å². The first-order valence-electron chi connectivity index (χ1n) is 9.27. The Kier molecular flexibility index (Phi) is 5.66. The topological polar surface area (TPSA) is 73.6 Å². The van der Waals surface area contributed by atoms with Gasteiger partial charge in [-0.05, 0) is 51.5 Å². The fourth-order valence-electron chi connectivity index (χ4n) is 3.04. The van der Waals surface area contributed by atoms with Gasteiger partial charge >= 0.3 is 5.97 Å². The van der Waals surface area contributed by atoms with Crippen LogP contribution in [-0.2, 0) is 14.6 Å². The number of carbonyl (C=O) groups excluding carboxylic acids is 1. The SMILES string of the molecule is Cc1oc(C(c2ccccc2)S(=O)(=O)c2ccccc2)cc1C(=O)OC(C)(C)C. The van der Waals surface area contributed by atoms with Crippen molar-refractivity contribution in [1.29, 1.82) is 0 Å². The third-order valence-corrected chi connectivity index (χ3v) is 6.35. The summed E-state index contributed by atoms with van der Waals surface area (Å²) in [6.45, 7) is 6.94. The highest BCUT2D eigenvalue weighted by molar-refractivity contribution is 7.91. The van der Waals surface area contributed by atoms with Gasteiger partial charge in [-0.3, -0.25) is 0 Å². The smallest absolute Gasteiger partial charge is 0.342 e. The highest BCUT2D eigenvalue weighted by Crippen LogP contribution is 2.37. The van der Waals surface area contributed by atoms with Crippen molar-refractivity contribution in [3.8, 4) is 0 Å². The van der Waals surface area contributed by atoms with Crippen LogP contribution in [0.2, 0.25) is 0 Å². The van der Waals surface area contributed by atoms with E-state index in [9.17, 15) is 13.2 Å². The second kappa shape index (κ2) is 7.87. The van der Waals surface area contributed by atoms with E-state index in [0.717, 1.165) is 0 Å². The summed E-state index contributed by atoms with van der Waals surface area (Å²) in [5, 5.41) is -1.08. The van der Waals surface area contributed by atoms with Gasteiger partial charge in [-0.1, -0.05) is 48.5 Å². The van der Waals surface area contributed by atoms with Crippen LogP contribution in [0.25, 0.3) is 0 Å². The lowest BCUT2D eigenvalue weighted by Gasteiger charge is -2.19. The van der Waals surface area contributed by atoms with Crippen molar-refractivity contribution in [2.24, 2.45) is 0 Å². The molecule has 1 heterocycles. The lowest BCUT2D eigenvalue weighted by atomic mass is 10.1. The number of furan rings is 1. The molecule has 0 aliphatic rings. The van der Waals surface area contributed by atoms with Gasteiger partial charge in [0.1, 0.15) is 27.9 Å². The number of ether oxygens (including phenoxy) is 1. The van der Waals surface area contributed by atoms with E-state index in [1.54, 1.807) is 82.3 Å². The summed E-state index contributed by atoms with van der Waals surface area (Å²) in [5.41, 5.74) is 0.107. The van der Waals surface area contributed by atoms with Gasteiger partial charge in [0.2, 0.25) is 0 Å². The first kappa shape index (κ1) is 20.9. The summed E-state index contributed by atoms with van der Waals surface area (Å²) < 4.78 is 38.2. The molecule has 0 aliphatic carbocycles. The van der Waals surface area contributed by atoms with Crippen molar-refractivity contribution in [1.82, 2.24) is 0 Å². The van der Waals surface area contributed by atoms with E-state index in [0.29, 0.717) is 11.3 Å². The van der Waals surface area contributed by atoms with Crippen LogP contribution in [0.15, 0.2) is 76.0 Å². The molecule has 0 fully saturated rings. The zero-order chi connectivity index (χ0) is 21.2. The van der Waals surface area contributed by atoms with Crippen molar-refractivity contribution >= 4 is 15.8 Å². The van der Waals surface area contributed by atoms with E-state index in [1.807, 2.05) is 6.07 Å². The second-order valence-corrected chi connectivity index (χ2v) is 9.80. The molecule has 0 saturated heterocycles. The highest BCUT2D eigenvalue weighted by Gasteiger charge is 2.35. The monoisotopic (exact) mass is 412 g/mol. The quantitative estimate of drug-likeness (QED) is 0.545. The molecule has 1 aromatic heterocycles. The molecular weight excluding hydrogens is 388 g/mol. The van der Waals surface area contributed by atoms with Gasteiger partial charge in [0.05, 0.1) is 4.90 Å². The molecule has 0 aliphatic heterocycles. The maximum Gasteiger partial charge on any atom is 0.342 e. The first-order valence-corrected chi connectivity index (χ1v) is 10.8. The molecule has 0 saturated carbocycles. The number of aryl methyl sites for hydroxylation is 1. The normalized spacial score (nSPS) is 13.1. The summed E-state index contributed by atoms with van der Waals surface area (Å²) in [6.07, 6.45) is 0. The summed E-state index contributed by atoms with van der Waals surface area (Å²) in [6, 6.07) is 18.5. The lowest BCUT2D eigenvalue weighted by Crippen LogP contribution is -2.24. The molecule has 5 nitrogen and oxygen atoms in total. The Morgan fingerprint density at radius 3 is 2.07 bits per heavy atom. The third-order valence-electron chi connectivity index (χ3n) is 4.30. The van der Waals surface area contributed by atoms with Crippen LogP contribution in [0, 0.1) is 6.92 Å². The molecule has 1 atom stereocenters. The van der Waals surface area contributed by atoms with E-state index >= 15 is 0 Å². The number of hydrogen-bond donors (Lipinski definition) is 0. The van der Waals surface area contributed by atoms with Crippen molar-refractivity contribution in [3.63, 3.8) is 0 Å². The largest absolute Gasteiger partial charge is 0.464 e. The first-order chi connectivity index (χ1) is 13.6. The van der Waals surface area contributed by atoms with Crippen molar-refractivity contribution < 1.29 is 22.4 Å². The van der Waals surface area contributed by atoms with Crippen LogP contribution >= 0.6 is 0 Å². The van der Waals surface area contributed by atoms with E-state index < -0.39 is 26.7 Å². The average Bonchev–Trinajstić information content (AvgIpc) is 3.03. The van der Waals surface area contributed by atoms with Gasteiger partial charge in [-0.25, -0.2) is 13.2 Å². The number of esters is 1. The lowest BCUT2D eigenvalue weighted by molar-refractivity contribution is 0.00678. The van der Waals surface area contributed by atoms with Crippen LogP contribution in [-0.4, -0.2) is 20.0 Å². The minimum absolute atomic E-state index is 0.179. The van der Waals surface area contributed by atoms with Gasteiger partial charge in [0.15, 0.2) is 9.84 Å². The zero-order valence-corrected chi connectivity index (χ0v) is 17.7. The number of rotatable bonds is 5. The Morgan fingerprint density at radius 2 is 1.52 bits per heavy atom. The maximum absolute atomic E-state index is 13.5. The standard InChI is InChI=1S/C23H24O5S/c1-16-19(22(24)28-23(2,3)4)15-20(27-16)21(17-11-7-5-8-12-17)29(25,26)18-13-9-6-10-14-18/h5-15,21H,1-4H3. The van der Waals surface area contributed by atoms with Crippen LogP contribution in [0.3, 0.4) is 0 Å². The van der Waals surface area contributed by atoms with Gasteiger partial charge in [0, 0.05) is 0 Å². The Morgan fingerprint density at radius 1 is 0.966 bits per heavy atom. The fourth-order valence-corrected chi connectivity index (χ4v) is 4.79. The van der Waals surface area contributed by atoms with Crippen LogP contribution in [0.5, 0.6) is 0 Å². The van der Waals surface area contributed by atoms with Gasteiger partial charge < -0.3 is 9.15 Å². The minimum Gasteiger partial charge on any atom is -0.464 e. The van der Waals surface area contributed by atoms with Crippen LogP contribution in [0.1, 0.15) is 53.5 Å². The molecule has 6 heteroatoms. The van der Waals surface area contributed by atoms with E-state index in [4.69, 9.17) is 9.15 Å². The molecule has 29 heavy (non-hydrogen) atoms. The summed E-state index contributed by atoms with van der Waals surface area (Å²) in [5.74, 6) is -0.0502. The Labute approximate surface area is 171 Å². The predicted octanol–water partition coefficient (Wildman–Crippen LogP) is 5.11. The van der Waals surface area contributed by atoms with E-state index in [1.165, 1.54) is 6.07 Å². The molecule has 0 N–H and O–H groups in total. The molecular formula is C23H24O5S. The molecule has 0 spiro atoms. The molecule has 0 amide bonds. The minimum atomic E-state index is -3.82. The van der Waals surface area contributed by atoms with E-state index in [-0.39, 0.29) is 16.2 Å². The molecule has 152 valence electrons. The Balaban J connectivity index is 2.12. The molecule has 2 aromatic carbocycles. The second-order valence-electron chi connectivity index (χ2n) is 7.77. The third kappa shape index (κ3) is 4.59. The maximum atomic E-state index is 13.5. The fraction of sp³-hybridized carbons (Fsp3) is 0.261. The number of carbonyl (C=O) groups is 1. The van der Waals surface area contributed by atoms with E-state index in [2.05, 4.69) is 0 Å². The average molecular weight is 413 g/mol. The molecule has 0 radical (unpaired) electrons. The summed E-state index contributed by atoms with van der Waals surface area (Å²) in [7, 11) is -3.82. The molecule has 3 rings (SSSR count). The molecule has 1 unspecified atom stereocenters. The predicted molar refractivity (Wildman–Crippen MR) is 111 cm³/mol. The van der Waals surface area contributed by atoms with Crippen molar-refractivity contribution in [2.75, 3.05) is 0 Å². The molecule has 0 bridgehead atoms. The number of benzene rings is 2. The Hall–Kier alpha value is -2.86. The molecule has 3 aromatic rings. The van der Waals surface area contributed by atoms with Gasteiger partial charge in [-0.15, -0.1) is 0 Å². The van der Waals surface area contributed by atoms with Gasteiger partial charge in [-0.2, -0.15) is 0 Å². The van der Waals surface area contributed by atoms with Crippen molar-refractivity contribution in [3.05, 3.63) is 89.4 Å². The summed E-state index contributed by atoms with van der Waals surface area (Å²) >= 11 is 0. The van der Waals surface area contributed by atoms with Gasteiger partial charge in [0.25, 0.3) is 0 Å². The Bertz CT molecular complexity index is 1090. The highest BCUT2D eigenvalue weighted by atomic mass is 32.2. The van der Waals surface area contributed by atoms with Crippen LogP contribution < -0.4 is 0 Å². The number of hydrogen-bond acceptors (Lipinski definition) is 5. The zero-order valence-electron chi connectivity index (χ0n) is 16.9. The number of sulfone groups is 1. The van der Waals surface area contributed by atoms with Crippen LogP contribution in [0.4, 0.5) is 0 Å². The summed E-state index contributed by atoms with van der Waals surface area (Å²) in [4.78, 5) is 12.7.